The quantitative estimate of drug-likeness (QED) is 0.741. The first-order valence-corrected chi connectivity index (χ1v) is 6.22. The highest BCUT2D eigenvalue weighted by Gasteiger charge is 2.08. The molecule has 0 heterocycles. The molecule has 0 aromatic heterocycles. The summed E-state index contributed by atoms with van der Waals surface area (Å²) in [5.74, 6) is -0.0825. The average Bonchev–Trinajstić information content (AvgIpc) is 2.35. The van der Waals surface area contributed by atoms with Gasteiger partial charge in [0.2, 0.25) is 0 Å². The summed E-state index contributed by atoms with van der Waals surface area (Å²) in [7, 11) is 0. The molecule has 2 aromatic rings. The number of benzene rings is 2. The van der Waals surface area contributed by atoms with Crippen LogP contribution in [-0.2, 0) is 6.61 Å². The molecule has 0 bridgehead atoms. The fourth-order valence-electron chi connectivity index (χ4n) is 1.40. The Balaban J connectivity index is 2.16. The van der Waals surface area contributed by atoms with Crippen molar-refractivity contribution in [2.24, 2.45) is 0 Å². The number of halogens is 4. The summed E-state index contributed by atoms with van der Waals surface area (Å²) < 4.78 is 19.0. The van der Waals surface area contributed by atoms with Gasteiger partial charge in [-0.3, -0.25) is 0 Å². The molecule has 0 atom stereocenters. The Bertz CT molecular complexity index is 570. The molecule has 2 rings (SSSR count). The van der Waals surface area contributed by atoms with Gasteiger partial charge in [0.25, 0.3) is 0 Å². The van der Waals surface area contributed by atoms with Crippen LogP contribution in [0.3, 0.4) is 0 Å². The van der Waals surface area contributed by atoms with E-state index < -0.39 is 5.82 Å². The van der Waals surface area contributed by atoms with Crippen LogP contribution >= 0.6 is 34.8 Å². The molecule has 0 N–H and O–H groups in total. The Labute approximate surface area is 119 Å². The lowest BCUT2D eigenvalue weighted by Gasteiger charge is -2.09. The molecule has 2 aromatic carbocycles. The van der Waals surface area contributed by atoms with Gasteiger partial charge in [-0.05, 0) is 18.2 Å². The molecule has 18 heavy (non-hydrogen) atoms. The van der Waals surface area contributed by atoms with Crippen LogP contribution in [0.25, 0.3) is 0 Å². The highest BCUT2D eigenvalue weighted by atomic mass is 35.5. The van der Waals surface area contributed by atoms with E-state index in [2.05, 4.69) is 0 Å². The smallest absolute Gasteiger partial charge is 0.148 e. The van der Waals surface area contributed by atoms with Crippen LogP contribution in [0.2, 0.25) is 15.1 Å². The van der Waals surface area contributed by atoms with Crippen LogP contribution in [-0.4, -0.2) is 0 Å². The van der Waals surface area contributed by atoms with E-state index in [0.29, 0.717) is 21.4 Å². The van der Waals surface area contributed by atoms with Crippen LogP contribution in [0, 0.1) is 5.82 Å². The Kier molecular flexibility index (Phi) is 4.33. The molecule has 0 saturated carbocycles. The minimum Gasteiger partial charge on any atom is -0.487 e. The predicted molar refractivity (Wildman–Crippen MR) is 72.2 cm³/mol. The van der Waals surface area contributed by atoms with Crippen molar-refractivity contribution >= 4 is 34.8 Å². The second kappa shape index (κ2) is 5.79. The van der Waals surface area contributed by atoms with Crippen LogP contribution in [0.1, 0.15) is 5.56 Å². The zero-order valence-corrected chi connectivity index (χ0v) is 11.4. The minimum absolute atomic E-state index is 0.0342. The normalized spacial score (nSPS) is 10.4. The zero-order chi connectivity index (χ0) is 13.1. The van der Waals surface area contributed by atoms with Crippen LogP contribution in [0.4, 0.5) is 4.39 Å². The summed E-state index contributed by atoms with van der Waals surface area (Å²) in [6.07, 6.45) is 0. The van der Waals surface area contributed by atoms with Gasteiger partial charge in [-0.2, -0.15) is 0 Å². The molecule has 0 radical (unpaired) electrons. The third-order valence-corrected chi connectivity index (χ3v) is 3.15. The van der Waals surface area contributed by atoms with E-state index in [0.717, 1.165) is 0 Å². The van der Waals surface area contributed by atoms with Gasteiger partial charge in [0.05, 0.1) is 10.0 Å². The second-order valence-electron chi connectivity index (χ2n) is 3.58. The molecule has 0 saturated heterocycles. The molecule has 0 amide bonds. The van der Waals surface area contributed by atoms with Crippen molar-refractivity contribution in [2.45, 2.75) is 6.61 Å². The monoisotopic (exact) mass is 304 g/mol. The maximum atomic E-state index is 13.6. The lowest BCUT2D eigenvalue weighted by atomic mass is 10.2. The number of ether oxygens (including phenoxy) is 1. The van der Waals surface area contributed by atoms with Gasteiger partial charge in [0, 0.05) is 16.7 Å². The fourth-order valence-corrected chi connectivity index (χ4v) is 1.93. The van der Waals surface area contributed by atoms with Crippen LogP contribution < -0.4 is 4.74 Å². The minimum atomic E-state index is -0.489. The molecule has 0 fully saturated rings. The molecule has 0 spiro atoms. The Morgan fingerprint density at radius 2 is 1.78 bits per heavy atom. The SMILES string of the molecule is Fc1c(Cl)cccc1COc1cc(Cl)ccc1Cl. The fraction of sp³-hybridized carbons (Fsp3) is 0.0769. The highest BCUT2D eigenvalue weighted by molar-refractivity contribution is 6.34. The Morgan fingerprint density at radius 1 is 1.00 bits per heavy atom. The van der Waals surface area contributed by atoms with Crippen molar-refractivity contribution in [1.82, 2.24) is 0 Å². The van der Waals surface area contributed by atoms with Crippen molar-refractivity contribution in [1.29, 1.82) is 0 Å². The van der Waals surface area contributed by atoms with E-state index in [1.165, 1.54) is 6.07 Å². The van der Waals surface area contributed by atoms with Crippen molar-refractivity contribution in [2.75, 3.05) is 0 Å². The van der Waals surface area contributed by atoms with Crippen molar-refractivity contribution in [3.8, 4) is 5.75 Å². The van der Waals surface area contributed by atoms with E-state index in [4.69, 9.17) is 39.5 Å². The molecule has 0 aliphatic rings. The third-order valence-electron chi connectivity index (χ3n) is 2.31. The maximum absolute atomic E-state index is 13.6. The first-order valence-electron chi connectivity index (χ1n) is 5.08. The number of rotatable bonds is 3. The van der Waals surface area contributed by atoms with Gasteiger partial charge >= 0.3 is 0 Å². The number of hydrogen-bond acceptors (Lipinski definition) is 1. The van der Waals surface area contributed by atoms with Crippen molar-refractivity contribution < 1.29 is 9.13 Å². The van der Waals surface area contributed by atoms with Crippen LogP contribution in [0.5, 0.6) is 5.75 Å². The largest absolute Gasteiger partial charge is 0.487 e. The zero-order valence-electron chi connectivity index (χ0n) is 9.09. The Hall–Kier alpha value is -0.960. The van der Waals surface area contributed by atoms with E-state index >= 15 is 0 Å². The highest BCUT2D eigenvalue weighted by Crippen LogP contribution is 2.29. The van der Waals surface area contributed by atoms with E-state index in [-0.39, 0.29) is 11.6 Å². The molecule has 0 aliphatic heterocycles. The molecule has 94 valence electrons. The Morgan fingerprint density at radius 3 is 2.56 bits per heavy atom. The first kappa shape index (κ1) is 13.5. The van der Waals surface area contributed by atoms with Crippen LogP contribution in [0.15, 0.2) is 36.4 Å². The van der Waals surface area contributed by atoms with Gasteiger partial charge in [-0.25, -0.2) is 4.39 Å². The first-order chi connectivity index (χ1) is 8.58. The van der Waals surface area contributed by atoms with Gasteiger partial charge in [-0.15, -0.1) is 0 Å². The average molecular weight is 306 g/mol. The predicted octanol–water partition coefficient (Wildman–Crippen LogP) is 5.36. The van der Waals surface area contributed by atoms with E-state index in [9.17, 15) is 4.39 Å². The summed E-state index contributed by atoms with van der Waals surface area (Å²) in [5.41, 5.74) is 0.360. The molecule has 1 nitrogen and oxygen atoms in total. The summed E-state index contributed by atoms with van der Waals surface area (Å²) in [6, 6.07) is 9.58. The lowest BCUT2D eigenvalue weighted by Crippen LogP contribution is -1.99. The van der Waals surface area contributed by atoms with Gasteiger partial charge in [0.15, 0.2) is 0 Å². The summed E-state index contributed by atoms with van der Waals surface area (Å²) in [6.45, 7) is 0.0342. The van der Waals surface area contributed by atoms with Gasteiger partial charge in [0.1, 0.15) is 18.2 Å². The molecular formula is C13H8Cl3FO. The van der Waals surface area contributed by atoms with Gasteiger partial charge in [-0.1, -0.05) is 46.9 Å². The number of hydrogen-bond donors (Lipinski definition) is 0. The standard InChI is InChI=1S/C13H8Cl3FO/c14-9-4-5-10(15)12(6-9)18-7-8-2-1-3-11(16)13(8)17/h1-6H,7H2. The summed E-state index contributed by atoms with van der Waals surface area (Å²) >= 11 is 17.4. The second-order valence-corrected chi connectivity index (χ2v) is 4.83. The molecule has 0 unspecified atom stereocenters. The molecule has 0 aliphatic carbocycles. The van der Waals surface area contributed by atoms with Gasteiger partial charge < -0.3 is 4.74 Å². The van der Waals surface area contributed by atoms with E-state index in [1.807, 2.05) is 0 Å². The topological polar surface area (TPSA) is 9.23 Å². The summed E-state index contributed by atoms with van der Waals surface area (Å²) in [5, 5.41) is 0.982. The molecule has 5 heteroatoms. The van der Waals surface area contributed by atoms with Crippen molar-refractivity contribution in [3.63, 3.8) is 0 Å². The molecular weight excluding hydrogens is 297 g/mol. The van der Waals surface area contributed by atoms with E-state index in [1.54, 1.807) is 30.3 Å². The lowest BCUT2D eigenvalue weighted by molar-refractivity contribution is 0.300. The summed E-state index contributed by atoms with van der Waals surface area (Å²) in [4.78, 5) is 0. The third kappa shape index (κ3) is 3.08. The maximum Gasteiger partial charge on any atom is 0.148 e. The van der Waals surface area contributed by atoms with Crippen molar-refractivity contribution in [3.05, 3.63) is 62.8 Å².